The molecule has 0 unspecified atom stereocenters. The van der Waals surface area contributed by atoms with Crippen molar-refractivity contribution >= 4 is 49.4 Å². The summed E-state index contributed by atoms with van der Waals surface area (Å²) in [7, 11) is -4.02. The van der Waals surface area contributed by atoms with Crippen molar-refractivity contribution in [3.05, 3.63) is 138 Å². The van der Waals surface area contributed by atoms with Crippen LogP contribution in [0.4, 0.5) is 5.69 Å². The molecule has 272 valence electrons. The van der Waals surface area contributed by atoms with Crippen molar-refractivity contribution < 1.29 is 28.8 Å². The van der Waals surface area contributed by atoms with Gasteiger partial charge in [-0.05, 0) is 94.8 Å². The number of hydrogen-bond donors (Lipinski definition) is 2. The minimum Gasteiger partial charge on any atom is -0.508 e. The summed E-state index contributed by atoms with van der Waals surface area (Å²) in [6.45, 7) is 9.10. The van der Waals surface area contributed by atoms with E-state index in [0.29, 0.717) is 24.9 Å². The number of carbonyl (C=O) groups excluding carboxylic acids is 2. The number of phenols is 1. The lowest BCUT2D eigenvalue weighted by molar-refractivity contribution is -0.122. The number of benzene rings is 4. The van der Waals surface area contributed by atoms with Crippen LogP contribution >= 0.6 is 0 Å². The Kier molecular flexibility index (Phi) is 10.5. The Morgan fingerprint density at radius 1 is 0.868 bits per heavy atom. The molecule has 4 aromatic carbocycles. The van der Waals surface area contributed by atoms with Crippen LogP contribution in [0.25, 0.3) is 6.08 Å². The number of rotatable bonds is 10. The number of carbonyl (C=O) groups is 2. The van der Waals surface area contributed by atoms with Gasteiger partial charge in [0.2, 0.25) is 11.8 Å². The highest BCUT2D eigenvalue weighted by atomic mass is 28.4. The smallest absolute Gasteiger partial charge is 0.455 e. The minimum atomic E-state index is -2.95. The van der Waals surface area contributed by atoms with Gasteiger partial charge in [0.25, 0.3) is 8.32 Å². The number of imide groups is 1. The van der Waals surface area contributed by atoms with Gasteiger partial charge in [-0.1, -0.05) is 123 Å². The SMILES string of the molecule is C/C(=C\c1ccc(O)cc1)CC[C@H]1OB(O)C[C@H]2C1=C(CO[Si](c1ccccc1)(c1ccccc1)C(C)(C)C)C[C@H]1C(=O)N(c3ccccc3)C(=O)[C@H]12. The molecule has 2 heterocycles. The number of fused-ring (bicyclic) bond motifs is 3. The molecule has 3 aliphatic rings. The van der Waals surface area contributed by atoms with E-state index in [0.717, 1.165) is 22.3 Å². The number of allylic oxidation sites excluding steroid dienone is 1. The van der Waals surface area contributed by atoms with Crippen LogP contribution in [-0.4, -0.2) is 50.1 Å². The first-order valence-electron chi connectivity index (χ1n) is 18.7. The molecular formula is C44H48BNO6Si. The normalized spacial score (nSPS) is 22.2. The van der Waals surface area contributed by atoms with Crippen LogP contribution in [0.15, 0.2) is 132 Å². The maximum atomic E-state index is 14.3. The van der Waals surface area contributed by atoms with Crippen molar-refractivity contribution in [2.75, 3.05) is 11.5 Å². The Morgan fingerprint density at radius 3 is 2.04 bits per heavy atom. The summed E-state index contributed by atoms with van der Waals surface area (Å²) in [5, 5.41) is 23.1. The molecule has 7 nitrogen and oxygen atoms in total. The summed E-state index contributed by atoms with van der Waals surface area (Å²) in [5.74, 6) is -1.71. The van der Waals surface area contributed by atoms with Crippen molar-refractivity contribution in [2.45, 2.75) is 64.4 Å². The van der Waals surface area contributed by atoms with Crippen LogP contribution in [0, 0.1) is 17.8 Å². The first kappa shape index (κ1) is 36.8. The topological polar surface area (TPSA) is 96.3 Å². The van der Waals surface area contributed by atoms with Crippen molar-refractivity contribution in [3.8, 4) is 5.75 Å². The van der Waals surface area contributed by atoms with Gasteiger partial charge in [0, 0.05) is 0 Å². The molecular weight excluding hydrogens is 677 g/mol. The van der Waals surface area contributed by atoms with Gasteiger partial charge in [-0.15, -0.1) is 0 Å². The molecule has 9 heteroatoms. The Labute approximate surface area is 314 Å². The standard InChI is InChI=1S/C44H48BNO6Si/c1-30(26-31-21-23-34(47)24-22-31)20-25-39-40-32(29-51-53(44(2,3)4,35-16-10-6-11-17-35)36-18-12-7-13-19-36)27-37-41(38(40)28-45(50)52-39)43(49)46(42(37)48)33-14-8-5-9-15-33/h5-19,21-24,26,37-39,41,47,50H,20,25,27-29H2,1-4H3/b30-26+/t37-,38+,39-,41-/m1/s1. The zero-order chi connectivity index (χ0) is 37.3. The summed E-state index contributed by atoms with van der Waals surface area (Å²) >= 11 is 0. The second-order valence-corrected chi connectivity index (χ2v) is 20.0. The highest BCUT2D eigenvalue weighted by Gasteiger charge is 2.58. The number of aromatic hydroxyl groups is 1. The van der Waals surface area contributed by atoms with Crippen molar-refractivity contribution in [1.82, 2.24) is 0 Å². The number of nitrogens with zero attached hydrogens (tertiary/aromatic N) is 1. The monoisotopic (exact) mass is 725 g/mol. The van der Waals surface area contributed by atoms with Gasteiger partial charge in [0.05, 0.1) is 30.2 Å². The number of hydrogen-bond acceptors (Lipinski definition) is 6. The fraction of sp³-hybridized carbons (Fsp3) is 0.318. The maximum Gasteiger partial charge on any atom is 0.455 e. The second-order valence-electron chi connectivity index (χ2n) is 15.7. The van der Waals surface area contributed by atoms with E-state index in [2.05, 4.69) is 82.3 Å². The van der Waals surface area contributed by atoms with Crippen molar-refractivity contribution in [2.24, 2.45) is 17.8 Å². The molecule has 2 aliphatic heterocycles. The molecule has 2 saturated heterocycles. The molecule has 4 aromatic rings. The van der Waals surface area contributed by atoms with E-state index in [4.69, 9.17) is 9.08 Å². The zero-order valence-corrected chi connectivity index (χ0v) is 31.9. The van der Waals surface area contributed by atoms with Crippen LogP contribution in [0.3, 0.4) is 0 Å². The lowest BCUT2D eigenvalue weighted by Gasteiger charge is -2.46. The molecule has 2 N–H and O–H groups in total. The summed E-state index contributed by atoms with van der Waals surface area (Å²) in [6, 6.07) is 37.3. The van der Waals surface area contributed by atoms with Gasteiger partial charge in [-0.3, -0.25) is 14.5 Å². The van der Waals surface area contributed by atoms with E-state index in [1.807, 2.05) is 42.5 Å². The average Bonchev–Trinajstić information content (AvgIpc) is 3.40. The molecule has 0 aromatic heterocycles. The average molecular weight is 726 g/mol. The fourth-order valence-electron chi connectivity index (χ4n) is 8.97. The molecule has 0 bridgehead atoms. The van der Waals surface area contributed by atoms with Gasteiger partial charge in [-0.2, -0.15) is 0 Å². The quantitative estimate of drug-likeness (QED) is 0.102. The molecule has 7 rings (SSSR count). The van der Waals surface area contributed by atoms with Crippen LogP contribution < -0.4 is 15.3 Å². The van der Waals surface area contributed by atoms with Gasteiger partial charge in [0.15, 0.2) is 0 Å². The highest BCUT2D eigenvalue weighted by molar-refractivity contribution is 6.99. The number of phenolic OH excluding ortho intramolecular Hbond substituents is 1. The van der Waals surface area contributed by atoms with Crippen LogP contribution in [0.5, 0.6) is 5.75 Å². The van der Waals surface area contributed by atoms with Gasteiger partial charge >= 0.3 is 7.12 Å². The van der Waals surface area contributed by atoms with E-state index < -0.39 is 33.4 Å². The third-order valence-corrected chi connectivity index (χ3v) is 16.3. The zero-order valence-electron chi connectivity index (χ0n) is 30.9. The molecule has 53 heavy (non-hydrogen) atoms. The lowest BCUT2D eigenvalue weighted by atomic mass is 9.58. The number of para-hydroxylation sites is 1. The predicted molar refractivity (Wildman–Crippen MR) is 213 cm³/mol. The van der Waals surface area contributed by atoms with Gasteiger partial charge < -0.3 is 19.2 Å². The molecule has 0 radical (unpaired) electrons. The number of anilines is 1. The number of amides is 2. The van der Waals surface area contributed by atoms with E-state index in [1.54, 1.807) is 24.3 Å². The first-order valence-corrected chi connectivity index (χ1v) is 20.6. The second kappa shape index (κ2) is 15.1. The third kappa shape index (κ3) is 7.11. The predicted octanol–water partition coefficient (Wildman–Crippen LogP) is 7.15. The van der Waals surface area contributed by atoms with Gasteiger partial charge in [0.1, 0.15) is 5.75 Å². The molecule has 0 saturated carbocycles. The Balaban J connectivity index is 1.30. The Morgan fingerprint density at radius 2 is 1.45 bits per heavy atom. The fourth-order valence-corrected chi connectivity index (χ4v) is 13.5. The molecule has 2 fully saturated rings. The maximum absolute atomic E-state index is 14.3. The van der Waals surface area contributed by atoms with Crippen molar-refractivity contribution in [3.63, 3.8) is 0 Å². The molecule has 4 atom stereocenters. The van der Waals surface area contributed by atoms with E-state index in [-0.39, 0.29) is 41.4 Å². The summed E-state index contributed by atoms with van der Waals surface area (Å²) in [6.07, 6.45) is 3.54. The molecule has 1 aliphatic carbocycles. The van der Waals surface area contributed by atoms with Crippen molar-refractivity contribution in [1.29, 1.82) is 0 Å². The molecule has 2 amide bonds. The highest BCUT2D eigenvalue weighted by Crippen LogP contribution is 2.52. The van der Waals surface area contributed by atoms with E-state index >= 15 is 0 Å². The third-order valence-electron chi connectivity index (χ3n) is 11.3. The van der Waals surface area contributed by atoms with Gasteiger partial charge in [-0.25, -0.2) is 0 Å². The largest absolute Gasteiger partial charge is 0.508 e. The van der Waals surface area contributed by atoms with E-state index in [1.165, 1.54) is 15.3 Å². The minimum absolute atomic E-state index is 0.196. The Bertz CT molecular complexity index is 1960. The Hall–Kier alpha value is -4.54. The van der Waals surface area contributed by atoms with Crippen LogP contribution in [-0.2, 0) is 18.7 Å². The van der Waals surface area contributed by atoms with Crippen LogP contribution in [0.1, 0.15) is 52.5 Å². The first-order chi connectivity index (χ1) is 25.5. The summed E-state index contributed by atoms with van der Waals surface area (Å²) in [5.41, 5.74) is 4.68. The van der Waals surface area contributed by atoms with Crippen LogP contribution in [0.2, 0.25) is 11.4 Å². The molecule has 0 spiro atoms. The lowest BCUT2D eigenvalue weighted by Crippen LogP contribution is -2.66. The summed E-state index contributed by atoms with van der Waals surface area (Å²) < 4.78 is 13.9. The van der Waals surface area contributed by atoms with E-state index in [9.17, 15) is 19.7 Å². The summed E-state index contributed by atoms with van der Waals surface area (Å²) in [4.78, 5) is 30.0.